The molecule has 6 nitrogen and oxygen atoms in total. The van der Waals surface area contributed by atoms with Crippen molar-refractivity contribution in [1.82, 2.24) is 15.1 Å². The maximum absolute atomic E-state index is 12.9. The van der Waals surface area contributed by atoms with E-state index in [1.165, 1.54) is 17.4 Å². The Labute approximate surface area is 192 Å². The molecule has 0 bridgehead atoms. The molecule has 0 radical (unpaired) electrons. The van der Waals surface area contributed by atoms with E-state index in [-0.39, 0.29) is 36.4 Å². The van der Waals surface area contributed by atoms with Crippen LogP contribution in [0, 0.1) is 0 Å². The molecule has 0 spiro atoms. The molecule has 168 valence electrons. The van der Waals surface area contributed by atoms with Gasteiger partial charge < -0.3 is 15.1 Å². The number of amides is 1. The molecule has 1 saturated heterocycles. The summed E-state index contributed by atoms with van der Waals surface area (Å²) in [5.74, 6) is 0.505. The first kappa shape index (κ1) is 24.7. The molecule has 1 amide bonds. The van der Waals surface area contributed by atoms with Gasteiger partial charge in [-0.15, -0.1) is 24.0 Å². The van der Waals surface area contributed by atoms with Gasteiger partial charge in [-0.1, -0.05) is 18.2 Å². The number of carbonyl (C=O) groups excluding carboxylic acids is 1. The Balaban J connectivity index is 0.00000320. The highest BCUT2D eigenvalue weighted by Gasteiger charge is 2.41. The van der Waals surface area contributed by atoms with Crippen LogP contribution < -0.4 is 10.2 Å². The maximum Gasteiger partial charge on any atom is 0.403 e. The maximum atomic E-state index is 12.9. The van der Waals surface area contributed by atoms with E-state index < -0.39 is 12.2 Å². The summed E-state index contributed by atoms with van der Waals surface area (Å²) in [5.41, 5.74) is 2.13. The molecule has 0 aliphatic carbocycles. The number of carbonyl (C=O) groups is 1. The Morgan fingerprint density at radius 3 is 2.47 bits per heavy atom. The van der Waals surface area contributed by atoms with Crippen molar-refractivity contribution in [3.8, 4) is 0 Å². The van der Waals surface area contributed by atoms with Crippen molar-refractivity contribution in [2.45, 2.75) is 32.0 Å². The second kappa shape index (κ2) is 10.7. The number of anilines is 1. The fraction of sp³-hybridized carbons (Fsp3) is 0.600. The van der Waals surface area contributed by atoms with Crippen LogP contribution in [-0.4, -0.2) is 80.2 Å². The van der Waals surface area contributed by atoms with Gasteiger partial charge in [0.15, 0.2) is 5.96 Å². The summed E-state index contributed by atoms with van der Waals surface area (Å²) in [7, 11) is 1.62. The van der Waals surface area contributed by atoms with Gasteiger partial charge in [-0.05, 0) is 31.4 Å². The van der Waals surface area contributed by atoms with E-state index in [1.807, 2.05) is 29.2 Å². The van der Waals surface area contributed by atoms with E-state index in [9.17, 15) is 18.0 Å². The number of hydrogen-bond acceptors (Lipinski definition) is 3. The number of para-hydroxylation sites is 1. The number of rotatable bonds is 3. The molecule has 2 aliphatic heterocycles. The smallest absolute Gasteiger partial charge is 0.347 e. The fourth-order valence-corrected chi connectivity index (χ4v) is 3.90. The molecule has 30 heavy (non-hydrogen) atoms. The number of fused-ring (bicyclic) bond motifs is 1. The molecule has 2 aliphatic rings. The third-order valence-corrected chi connectivity index (χ3v) is 5.66. The van der Waals surface area contributed by atoms with Gasteiger partial charge in [0.25, 0.3) is 0 Å². The number of nitrogens with one attached hydrogen (secondary N) is 1. The monoisotopic (exact) mass is 539 g/mol. The third kappa shape index (κ3) is 5.77. The van der Waals surface area contributed by atoms with Crippen LogP contribution in [0.15, 0.2) is 29.3 Å². The fourth-order valence-electron chi connectivity index (χ4n) is 3.90. The molecule has 0 aromatic heterocycles. The Kier molecular flexibility index (Phi) is 8.77. The van der Waals surface area contributed by atoms with Crippen molar-refractivity contribution in [1.29, 1.82) is 0 Å². The molecule has 10 heteroatoms. The molecule has 1 N–H and O–H groups in total. The molecule has 1 atom stereocenters. The van der Waals surface area contributed by atoms with E-state index >= 15 is 0 Å². The number of nitrogens with zero attached hydrogens (tertiary/aromatic N) is 4. The molecule has 1 unspecified atom stereocenters. The third-order valence-electron chi connectivity index (χ3n) is 5.66. The molecule has 1 aromatic carbocycles. The zero-order valence-electron chi connectivity index (χ0n) is 17.3. The molecule has 0 saturated carbocycles. The zero-order chi connectivity index (χ0) is 21.0. The van der Waals surface area contributed by atoms with E-state index in [0.717, 1.165) is 18.5 Å². The molecular weight excluding hydrogens is 510 g/mol. The summed E-state index contributed by atoms with van der Waals surface area (Å²) in [6, 6.07) is 6.45. The van der Waals surface area contributed by atoms with Crippen molar-refractivity contribution >= 4 is 41.5 Å². The van der Waals surface area contributed by atoms with Gasteiger partial charge in [-0.25, -0.2) is 0 Å². The first-order valence-corrected chi connectivity index (χ1v) is 9.96. The average molecular weight is 539 g/mol. The number of aryl methyl sites for hydroxylation is 1. The number of piperazine rings is 1. The standard InChI is InChI=1S/C20H28F3N5O.HI/c1-15(20(21,22)23)26-10-12-27(13-11-26)19(24-2)25-14-18(29)28-9-5-7-16-6-3-4-8-17(16)28;/h3-4,6,8,15H,5,7,9-14H2,1-2H3,(H,24,25);1H. The molecular formula is C20H29F3IN5O. The molecule has 1 aromatic rings. The van der Waals surface area contributed by atoms with Gasteiger partial charge in [0.2, 0.25) is 5.91 Å². The summed E-state index contributed by atoms with van der Waals surface area (Å²) in [6.07, 6.45) is -2.33. The Hall–Kier alpha value is -1.56. The first-order valence-electron chi connectivity index (χ1n) is 9.96. The lowest BCUT2D eigenvalue weighted by Crippen LogP contribution is -2.57. The van der Waals surface area contributed by atoms with Crippen molar-refractivity contribution in [3.05, 3.63) is 29.8 Å². The lowest BCUT2D eigenvalue weighted by atomic mass is 10.0. The normalized spacial score (nSPS) is 19.0. The second-order valence-corrected chi connectivity index (χ2v) is 7.42. The van der Waals surface area contributed by atoms with Crippen molar-refractivity contribution in [2.24, 2.45) is 4.99 Å². The summed E-state index contributed by atoms with van der Waals surface area (Å²) >= 11 is 0. The molecule has 1 fully saturated rings. The number of hydrogen-bond donors (Lipinski definition) is 1. The predicted molar refractivity (Wildman–Crippen MR) is 123 cm³/mol. The van der Waals surface area contributed by atoms with Crippen LogP contribution in [0.1, 0.15) is 18.9 Å². The highest BCUT2D eigenvalue weighted by molar-refractivity contribution is 14.0. The van der Waals surface area contributed by atoms with E-state index in [4.69, 9.17) is 0 Å². The van der Waals surface area contributed by atoms with Crippen LogP contribution in [-0.2, 0) is 11.2 Å². The van der Waals surface area contributed by atoms with Crippen LogP contribution in [0.2, 0.25) is 0 Å². The Bertz CT molecular complexity index is 750. The van der Waals surface area contributed by atoms with Crippen LogP contribution in [0.4, 0.5) is 18.9 Å². The number of guanidine groups is 1. The van der Waals surface area contributed by atoms with Gasteiger partial charge >= 0.3 is 6.18 Å². The van der Waals surface area contributed by atoms with Gasteiger partial charge in [0.1, 0.15) is 6.04 Å². The predicted octanol–water partition coefficient (Wildman–Crippen LogP) is 2.73. The van der Waals surface area contributed by atoms with Crippen LogP contribution >= 0.6 is 24.0 Å². The second-order valence-electron chi connectivity index (χ2n) is 7.42. The summed E-state index contributed by atoms with van der Waals surface area (Å²) in [6.45, 7) is 3.44. The van der Waals surface area contributed by atoms with Crippen LogP contribution in [0.25, 0.3) is 0 Å². The van der Waals surface area contributed by atoms with E-state index in [2.05, 4.69) is 10.3 Å². The number of aliphatic imine (C=N–C) groups is 1. The minimum atomic E-state index is -4.22. The quantitative estimate of drug-likeness (QED) is 0.365. The van der Waals surface area contributed by atoms with Gasteiger partial charge in [-0.2, -0.15) is 13.2 Å². The summed E-state index contributed by atoms with van der Waals surface area (Å²) < 4.78 is 38.7. The van der Waals surface area contributed by atoms with Crippen LogP contribution in [0.5, 0.6) is 0 Å². The highest BCUT2D eigenvalue weighted by Crippen LogP contribution is 2.27. The van der Waals surface area contributed by atoms with Crippen LogP contribution in [0.3, 0.4) is 0 Å². The lowest BCUT2D eigenvalue weighted by molar-refractivity contribution is -0.181. The zero-order valence-corrected chi connectivity index (χ0v) is 19.6. The SMILES string of the molecule is CN=C(NCC(=O)N1CCCc2ccccc21)N1CCN(C(C)C(F)(F)F)CC1.I. The van der Waals surface area contributed by atoms with Crippen molar-refractivity contribution < 1.29 is 18.0 Å². The number of halogens is 4. The highest BCUT2D eigenvalue weighted by atomic mass is 127. The van der Waals surface area contributed by atoms with E-state index in [0.29, 0.717) is 38.7 Å². The van der Waals surface area contributed by atoms with Gasteiger partial charge in [0.05, 0.1) is 6.54 Å². The number of alkyl halides is 3. The average Bonchev–Trinajstić information content (AvgIpc) is 2.73. The largest absolute Gasteiger partial charge is 0.403 e. The first-order chi connectivity index (χ1) is 13.8. The Morgan fingerprint density at radius 2 is 1.83 bits per heavy atom. The van der Waals surface area contributed by atoms with Crippen molar-refractivity contribution in [2.75, 3.05) is 51.2 Å². The lowest BCUT2D eigenvalue weighted by Gasteiger charge is -2.39. The van der Waals surface area contributed by atoms with Gasteiger partial charge in [-0.3, -0.25) is 14.7 Å². The van der Waals surface area contributed by atoms with E-state index in [1.54, 1.807) is 11.9 Å². The Morgan fingerprint density at radius 1 is 1.17 bits per heavy atom. The summed E-state index contributed by atoms with van der Waals surface area (Å²) in [5, 5.41) is 3.09. The van der Waals surface area contributed by atoms with Gasteiger partial charge in [0, 0.05) is 45.5 Å². The van der Waals surface area contributed by atoms with Crippen molar-refractivity contribution in [3.63, 3.8) is 0 Å². The molecule has 3 rings (SSSR count). The number of benzene rings is 1. The topological polar surface area (TPSA) is 51.2 Å². The summed E-state index contributed by atoms with van der Waals surface area (Å²) in [4.78, 5) is 22.1. The minimum absolute atomic E-state index is 0. The molecule has 2 heterocycles. The minimum Gasteiger partial charge on any atom is -0.347 e.